The van der Waals surface area contributed by atoms with Crippen LogP contribution in [0.25, 0.3) is 0 Å². The maximum absolute atomic E-state index is 6.10. The van der Waals surface area contributed by atoms with Crippen LogP contribution in [0.1, 0.15) is 11.1 Å². The maximum atomic E-state index is 6.10. The van der Waals surface area contributed by atoms with E-state index in [0.717, 1.165) is 33.3 Å². The van der Waals surface area contributed by atoms with Gasteiger partial charge in [0.15, 0.2) is 0 Å². The van der Waals surface area contributed by atoms with Gasteiger partial charge in [-0.3, -0.25) is 0 Å². The Bertz CT molecular complexity index is 511. The summed E-state index contributed by atoms with van der Waals surface area (Å²) in [5.74, 6) is 1.55. The molecule has 0 amide bonds. The van der Waals surface area contributed by atoms with Crippen LogP contribution in [0.4, 0.5) is 5.69 Å². The molecule has 2 nitrogen and oxygen atoms in total. The standard InChI is InChI=1S/C14H14ClNO/c1-9-7-13(8-10(2)14(9)15)17-12-5-3-11(16)4-6-12/h3-8H,16H2,1-2H3. The number of nitrogen functional groups attached to an aromatic ring is 1. The van der Waals surface area contributed by atoms with Crippen LogP contribution >= 0.6 is 11.6 Å². The first-order chi connectivity index (χ1) is 8.06. The topological polar surface area (TPSA) is 35.2 Å². The van der Waals surface area contributed by atoms with Crippen molar-refractivity contribution in [3.05, 3.63) is 52.5 Å². The van der Waals surface area contributed by atoms with Crippen molar-refractivity contribution in [1.29, 1.82) is 0 Å². The van der Waals surface area contributed by atoms with E-state index >= 15 is 0 Å². The van der Waals surface area contributed by atoms with Gasteiger partial charge in [0.2, 0.25) is 0 Å². The fraction of sp³-hybridized carbons (Fsp3) is 0.143. The lowest BCUT2D eigenvalue weighted by atomic mass is 10.1. The molecule has 17 heavy (non-hydrogen) atoms. The van der Waals surface area contributed by atoms with E-state index in [1.54, 1.807) is 0 Å². The second-order valence-corrected chi connectivity index (χ2v) is 4.42. The average Bonchev–Trinajstić information content (AvgIpc) is 2.29. The highest BCUT2D eigenvalue weighted by molar-refractivity contribution is 6.32. The molecular weight excluding hydrogens is 234 g/mol. The number of rotatable bonds is 2. The van der Waals surface area contributed by atoms with E-state index in [-0.39, 0.29) is 0 Å². The number of halogens is 1. The Kier molecular flexibility index (Phi) is 3.25. The number of benzene rings is 2. The van der Waals surface area contributed by atoms with Crippen molar-refractivity contribution in [1.82, 2.24) is 0 Å². The molecule has 0 aliphatic carbocycles. The van der Waals surface area contributed by atoms with Gasteiger partial charge in [0.25, 0.3) is 0 Å². The molecule has 0 aliphatic heterocycles. The van der Waals surface area contributed by atoms with E-state index < -0.39 is 0 Å². The Morgan fingerprint density at radius 2 is 1.47 bits per heavy atom. The highest BCUT2D eigenvalue weighted by atomic mass is 35.5. The van der Waals surface area contributed by atoms with Gasteiger partial charge in [-0.25, -0.2) is 0 Å². The van der Waals surface area contributed by atoms with Gasteiger partial charge in [-0.05, 0) is 61.4 Å². The van der Waals surface area contributed by atoms with Crippen LogP contribution in [0.15, 0.2) is 36.4 Å². The summed E-state index contributed by atoms with van der Waals surface area (Å²) in [4.78, 5) is 0. The number of anilines is 1. The van der Waals surface area contributed by atoms with Crippen LogP contribution in [0.3, 0.4) is 0 Å². The molecule has 0 atom stereocenters. The first-order valence-corrected chi connectivity index (χ1v) is 5.74. The number of ether oxygens (including phenoxy) is 1. The number of hydrogen-bond acceptors (Lipinski definition) is 2. The molecule has 0 aliphatic rings. The minimum Gasteiger partial charge on any atom is -0.457 e. The van der Waals surface area contributed by atoms with Crippen LogP contribution in [0.2, 0.25) is 5.02 Å². The summed E-state index contributed by atoms with van der Waals surface area (Å²) < 4.78 is 5.74. The molecule has 2 aromatic carbocycles. The Hall–Kier alpha value is -1.67. The van der Waals surface area contributed by atoms with Crippen molar-refractivity contribution in [2.45, 2.75) is 13.8 Å². The van der Waals surface area contributed by atoms with Gasteiger partial charge in [-0.1, -0.05) is 11.6 Å². The third kappa shape index (κ3) is 2.71. The monoisotopic (exact) mass is 247 g/mol. The summed E-state index contributed by atoms with van der Waals surface area (Å²) >= 11 is 6.10. The van der Waals surface area contributed by atoms with Gasteiger partial charge in [-0.15, -0.1) is 0 Å². The van der Waals surface area contributed by atoms with Crippen LogP contribution < -0.4 is 10.5 Å². The smallest absolute Gasteiger partial charge is 0.128 e. The third-order valence-electron chi connectivity index (χ3n) is 2.53. The molecule has 2 aromatic rings. The summed E-state index contributed by atoms with van der Waals surface area (Å²) in [5, 5.41) is 0.787. The first kappa shape index (κ1) is 11.8. The minimum absolute atomic E-state index is 0.723. The molecular formula is C14H14ClNO. The van der Waals surface area contributed by atoms with Gasteiger partial charge in [0.1, 0.15) is 11.5 Å². The molecule has 0 radical (unpaired) electrons. The Labute approximate surface area is 106 Å². The van der Waals surface area contributed by atoms with Crippen molar-refractivity contribution in [3.63, 3.8) is 0 Å². The average molecular weight is 248 g/mol. The van der Waals surface area contributed by atoms with Gasteiger partial charge in [0.05, 0.1) is 0 Å². The first-order valence-electron chi connectivity index (χ1n) is 5.36. The van der Waals surface area contributed by atoms with E-state index in [1.807, 2.05) is 50.2 Å². The number of aryl methyl sites for hydroxylation is 2. The van der Waals surface area contributed by atoms with Crippen LogP contribution in [0.5, 0.6) is 11.5 Å². The molecule has 0 saturated carbocycles. The fourth-order valence-electron chi connectivity index (χ4n) is 1.64. The van der Waals surface area contributed by atoms with Crippen LogP contribution in [0, 0.1) is 13.8 Å². The van der Waals surface area contributed by atoms with Crippen molar-refractivity contribution in [3.8, 4) is 11.5 Å². The zero-order valence-electron chi connectivity index (χ0n) is 9.83. The second kappa shape index (κ2) is 4.68. The maximum Gasteiger partial charge on any atom is 0.128 e. The molecule has 2 N–H and O–H groups in total. The van der Waals surface area contributed by atoms with E-state index in [1.165, 1.54) is 0 Å². The summed E-state index contributed by atoms with van der Waals surface area (Å²) in [6, 6.07) is 11.1. The van der Waals surface area contributed by atoms with Crippen molar-refractivity contribution in [2.75, 3.05) is 5.73 Å². The zero-order chi connectivity index (χ0) is 12.4. The number of hydrogen-bond donors (Lipinski definition) is 1. The van der Waals surface area contributed by atoms with Gasteiger partial charge in [0, 0.05) is 10.7 Å². The fourth-order valence-corrected chi connectivity index (χ4v) is 1.75. The van der Waals surface area contributed by atoms with E-state index in [9.17, 15) is 0 Å². The predicted molar refractivity (Wildman–Crippen MR) is 71.9 cm³/mol. The van der Waals surface area contributed by atoms with Crippen molar-refractivity contribution < 1.29 is 4.74 Å². The van der Waals surface area contributed by atoms with Crippen LogP contribution in [-0.4, -0.2) is 0 Å². The Balaban J connectivity index is 2.27. The van der Waals surface area contributed by atoms with Gasteiger partial charge >= 0.3 is 0 Å². The van der Waals surface area contributed by atoms with E-state index in [2.05, 4.69) is 0 Å². The minimum atomic E-state index is 0.723. The summed E-state index contributed by atoms with van der Waals surface area (Å²) in [6.07, 6.45) is 0. The molecule has 0 unspecified atom stereocenters. The summed E-state index contributed by atoms with van der Waals surface area (Å²) in [6.45, 7) is 3.93. The zero-order valence-corrected chi connectivity index (χ0v) is 10.6. The van der Waals surface area contributed by atoms with Crippen LogP contribution in [-0.2, 0) is 0 Å². The largest absolute Gasteiger partial charge is 0.457 e. The Morgan fingerprint density at radius 1 is 0.941 bits per heavy atom. The summed E-state index contributed by atoms with van der Waals surface area (Å²) in [7, 11) is 0. The predicted octanol–water partition coefficient (Wildman–Crippen LogP) is 4.33. The molecule has 0 aromatic heterocycles. The number of nitrogens with two attached hydrogens (primary N) is 1. The molecule has 88 valence electrons. The van der Waals surface area contributed by atoms with Gasteiger partial charge in [-0.2, -0.15) is 0 Å². The van der Waals surface area contributed by atoms with Crippen molar-refractivity contribution in [2.24, 2.45) is 0 Å². The third-order valence-corrected chi connectivity index (χ3v) is 3.12. The molecule has 0 spiro atoms. The molecule has 0 saturated heterocycles. The normalized spacial score (nSPS) is 10.3. The SMILES string of the molecule is Cc1cc(Oc2ccc(N)cc2)cc(C)c1Cl. The van der Waals surface area contributed by atoms with E-state index in [4.69, 9.17) is 22.1 Å². The second-order valence-electron chi connectivity index (χ2n) is 4.04. The molecule has 0 bridgehead atoms. The van der Waals surface area contributed by atoms with Gasteiger partial charge < -0.3 is 10.5 Å². The molecule has 0 fully saturated rings. The lowest BCUT2D eigenvalue weighted by Crippen LogP contribution is -1.89. The Morgan fingerprint density at radius 3 is 2.00 bits per heavy atom. The molecule has 2 rings (SSSR count). The molecule has 3 heteroatoms. The molecule has 0 heterocycles. The lowest BCUT2D eigenvalue weighted by molar-refractivity contribution is 0.482. The van der Waals surface area contributed by atoms with E-state index in [0.29, 0.717) is 0 Å². The summed E-state index contributed by atoms with van der Waals surface area (Å²) in [5.41, 5.74) is 8.36. The van der Waals surface area contributed by atoms with Crippen molar-refractivity contribution >= 4 is 17.3 Å². The highest BCUT2D eigenvalue weighted by Gasteiger charge is 2.04. The lowest BCUT2D eigenvalue weighted by Gasteiger charge is -2.09. The quantitative estimate of drug-likeness (QED) is 0.802. The highest BCUT2D eigenvalue weighted by Crippen LogP contribution is 2.29.